The summed E-state index contributed by atoms with van der Waals surface area (Å²) in [4.78, 5) is 54.8. The molecule has 0 fully saturated rings. The van der Waals surface area contributed by atoms with Gasteiger partial charge in [-0.25, -0.2) is 0 Å². The van der Waals surface area contributed by atoms with Crippen molar-refractivity contribution in [2.24, 2.45) is 0 Å². The molecule has 0 aromatic heterocycles. The van der Waals surface area contributed by atoms with Gasteiger partial charge >= 0.3 is 0 Å². The second-order valence-electron chi connectivity index (χ2n) is 12.7. The van der Waals surface area contributed by atoms with E-state index in [0.29, 0.717) is 44.5 Å². The number of hydrogen-bond donors (Lipinski definition) is 0. The quantitative estimate of drug-likeness (QED) is 0.185. The monoisotopic (exact) mass is 614 g/mol. The van der Waals surface area contributed by atoms with Gasteiger partial charge in [0.2, 0.25) is 0 Å². The summed E-state index contributed by atoms with van der Waals surface area (Å²) in [6.45, 7) is 0. The highest BCUT2D eigenvalue weighted by Gasteiger charge is 2.32. The van der Waals surface area contributed by atoms with Crippen molar-refractivity contribution in [1.82, 2.24) is 0 Å². The van der Waals surface area contributed by atoms with Crippen LogP contribution in [0, 0.1) is 0 Å². The smallest absolute Gasteiger partial charge is 0.194 e. The van der Waals surface area contributed by atoms with Gasteiger partial charge in [-0.05, 0) is 115 Å². The predicted molar refractivity (Wildman–Crippen MR) is 189 cm³/mol. The van der Waals surface area contributed by atoms with E-state index in [4.69, 9.17) is 0 Å². The molecule has 0 saturated carbocycles. The van der Waals surface area contributed by atoms with E-state index < -0.39 is 0 Å². The largest absolute Gasteiger partial charge is 0.289 e. The van der Waals surface area contributed by atoms with Crippen LogP contribution < -0.4 is 0 Å². The average molecular weight is 615 g/mol. The molecular weight excluding hydrogens is 592 g/mol. The lowest BCUT2D eigenvalue weighted by Gasteiger charge is -2.20. The highest BCUT2D eigenvalue weighted by atomic mass is 16.1. The van der Waals surface area contributed by atoms with E-state index >= 15 is 0 Å². The second kappa shape index (κ2) is 9.50. The number of hydrogen-bond acceptors (Lipinski definition) is 4. The number of fused-ring (bicyclic) bond motifs is 8. The van der Waals surface area contributed by atoms with Gasteiger partial charge in [-0.1, -0.05) is 72.8 Å². The first-order chi connectivity index (χ1) is 23.4. The third-order valence-corrected chi connectivity index (χ3v) is 10.0. The fourth-order valence-electron chi connectivity index (χ4n) is 7.52. The Morgan fingerprint density at radius 3 is 0.729 bits per heavy atom. The lowest BCUT2D eigenvalue weighted by molar-refractivity contribution is 0.0979. The Kier molecular flexibility index (Phi) is 5.28. The van der Waals surface area contributed by atoms with Crippen LogP contribution in [0.15, 0.2) is 133 Å². The number of benzene rings is 8. The lowest BCUT2D eigenvalue weighted by atomic mass is 9.81. The molecule has 0 radical (unpaired) electrons. The van der Waals surface area contributed by atoms with Crippen molar-refractivity contribution in [1.29, 1.82) is 0 Å². The zero-order valence-electron chi connectivity index (χ0n) is 25.3. The molecule has 4 nitrogen and oxygen atoms in total. The van der Waals surface area contributed by atoms with E-state index in [9.17, 15) is 19.2 Å². The molecule has 0 heterocycles. The number of carbonyl (C=O) groups is 4. The molecule has 0 bridgehead atoms. The van der Waals surface area contributed by atoms with Crippen LogP contribution in [0.5, 0.6) is 0 Å². The van der Waals surface area contributed by atoms with Crippen LogP contribution in [0.1, 0.15) is 63.7 Å². The van der Waals surface area contributed by atoms with E-state index in [2.05, 4.69) is 0 Å². The molecule has 222 valence electrons. The van der Waals surface area contributed by atoms with Gasteiger partial charge in [-0.2, -0.15) is 0 Å². The highest BCUT2D eigenvalue weighted by molar-refractivity contribution is 6.32. The van der Waals surface area contributed by atoms with E-state index in [0.717, 1.165) is 54.2 Å². The summed E-state index contributed by atoms with van der Waals surface area (Å²) in [6.07, 6.45) is 0. The summed E-state index contributed by atoms with van der Waals surface area (Å²) in [5.74, 6) is -0.583. The molecular formula is C44H22O4. The molecule has 0 atom stereocenters. The SMILES string of the molecule is O=C1c2cc3ccccc3cc2C(=O)c2cc3cc(-c4ccc5cc6c(cc5c4)C(=O)c4cc5ccccc5cc4C6=O)ccc3cc21. The minimum absolute atomic E-state index is 0.141. The molecule has 8 aromatic carbocycles. The molecule has 0 aliphatic heterocycles. The summed E-state index contributed by atoms with van der Waals surface area (Å²) in [5.41, 5.74) is 5.29. The number of rotatable bonds is 1. The molecule has 0 amide bonds. The fraction of sp³-hybridized carbons (Fsp3) is 0. The van der Waals surface area contributed by atoms with Crippen LogP contribution in [-0.2, 0) is 0 Å². The van der Waals surface area contributed by atoms with Gasteiger partial charge in [0.1, 0.15) is 0 Å². The average Bonchev–Trinajstić information content (AvgIpc) is 3.13. The highest BCUT2D eigenvalue weighted by Crippen LogP contribution is 2.37. The van der Waals surface area contributed by atoms with Crippen molar-refractivity contribution >= 4 is 66.2 Å². The molecule has 4 heteroatoms. The van der Waals surface area contributed by atoms with Crippen LogP contribution in [0.2, 0.25) is 0 Å². The zero-order valence-corrected chi connectivity index (χ0v) is 25.3. The number of ketones is 4. The Morgan fingerprint density at radius 2 is 0.458 bits per heavy atom. The maximum absolute atomic E-state index is 13.7. The van der Waals surface area contributed by atoms with Crippen molar-refractivity contribution in [2.75, 3.05) is 0 Å². The van der Waals surface area contributed by atoms with E-state index in [1.807, 2.05) is 133 Å². The maximum Gasteiger partial charge on any atom is 0.194 e. The maximum atomic E-state index is 13.7. The third-order valence-electron chi connectivity index (χ3n) is 10.0. The van der Waals surface area contributed by atoms with Crippen molar-refractivity contribution < 1.29 is 19.2 Å². The standard InChI is InChI=1S/C44H22O4/c45-41-33-15-23-5-1-3-7-25(23)17-35(33)43(47)39-21-31-13-27(9-11-29(31)19-37(39)41)28-10-12-30-20-38-40(22-32(30)14-28)44(48)36-18-26-8-4-2-6-24(26)16-34(36)42(38)46/h1-22H. The molecule has 0 saturated heterocycles. The van der Waals surface area contributed by atoms with E-state index in [1.54, 1.807) is 0 Å². The first kappa shape index (κ1) is 26.7. The molecule has 8 aromatic rings. The van der Waals surface area contributed by atoms with Gasteiger partial charge in [0.25, 0.3) is 0 Å². The van der Waals surface area contributed by atoms with Crippen molar-refractivity contribution in [3.63, 3.8) is 0 Å². The molecule has 2 aliphatic carbocycles. The summed E-state index contributed by atoms with van der Waals surface area (Å²) < 4.78 is 0. The van der Waals surface area contributed by atoms with Crippen LogP contribution in [0.3, 0.4) is 0 Å². The Balaban J connectivity index is 1.06. The summed E-state index contributed by atoms with van der Waals surface area (Å²) >= 11 is 0. The number of carbonyl (C=O) groups excluding carboxylic acids is 4. The van der Waals surface area contributed by atoms with Crippen molar-refractivity contribution in [3.8, 4) is 11.1 Å². The van der Waals surface area contributed by atoms with Crippen LogP contribution in [0.25, 0.3) is 54.2 Å². The second-order valence-corrected chi connectivity index (χ2v) is 12.7. The van der Waals surface area contributed by atoms with Crippen LogP contribution in [-0.4, -0.2) is 23.1 Å². The predicted octanol–water partition coefficient (Wildman–Crippen LogP) is 9.52. The molecule has 2 aliphatic rings. The van der Waals surface area contributed by atoms with Crippen LogP contribution >= 0.6 is 0 Å². The minimum Gasteiger partial charge on any atom is -0.289 e. The van der Waals surface area contributed by atoms with Gasteiger partial charge in [0.15, 0.2) is 23.1 Å². The third kappa shape index (κ3) is 3.71. The molecule has 0 unspecified atom stereocenters. The zero-order chi connectivity index (χ0) is 32.3. The van der Waals surface area contributed by atoms with E-state index in [1.165, 1.54) is 0 Å². The van der Waals surface area contributed by atoms with Gasteiger partial charge in [0, 0.05) is 44.5 Å². The molecule has 0 spiro atoms. The summed E-state index contributed by atoms with van der Waals surface area (Å²) in [5, 5.41) is 7.14. The minimum atomic E-state index is -0.151. The summed E-state index contributed by atoms with van der Waals surface area (Å²) in [7, 11) is 0. The fourth-order valence-corrected chi connectivity index (χ4v) is 7.52. The normalized spacial score (nSPS) is 13.6. The van der Waals surface area contributed by atoms with Crippen LogP contribution in [0.4, 0.5) is 0 Å². The van der Waals surface area contributed by atoms with Gasteiger partial charge in [-0.3, -0.25) is 19.2 Å². The van der Waals surface area contributed by atoms with Gasteiger partial charge in [0.05, 0.1) is 0 Å². The lowest BCUT2D eigenvalue weighted by Crippen LogP contribution is -2.21. The first-order valence-electron chi connectivity index (χ1n) is 15.8. The van der Waals surface area contributed by atoms with E-state index in [-0.39, 0.29) is 23.1 Å². The Morgan fingerprint density at radius 1 is 0.229 bits per heavy atom. The van der Waals surface area contributed by atoms with Gasteiger partial charge < -0.3 is 0 Å². The van der Waals surface area contributed by atoms with Gasteiger partial charge in [-0.15, -0.1) is 0 Å². The molecule has 48 heavy (non-hydrogen) atoms. The summed E-state index contributed by atoms with van der Waals surface area (Å²) in [6, 6.07) is 42.1. The first-order valence-corrected chi connectivity index (χ1v) is 15.8. The Bertz CT molecular complexity index is 2660. The topological polar surface area (TPSA) is 68.3 Å². The Labute approximate surface area is 273 Å². The van der Waals surface area contributed by atoms with Crippen molar-refractivity contribution in [3.05, 3.63) is 178 Å². The molecule has 0 N–H and O–H groups in total. The van der Waals surface area contributed by atoms with Crippen molar-refractivity contribution in [2.45, 2.75) is 0 Å². The molecule has 10 rings (SSSR count). The Hall–Kier alpha value is -6.52.